The Bertz CT molecular complexity index is 264. The summed E-state index contributed by atoms with van der Waals surface area (Å²) >= 11 is 0. The zero-order valence-electron chi connectivity index (χ0n) is 11.5. The van der Waals surface area contributed by atoms with Crippen LogP contribution in [-0.2, 0) is 9.53 Å². The van der Waals surface area contributed by atoms with Gasteiger partial charge in [0.1, 0.15) is 0 Å². The molecule has 2 aliphatic carbocycles. The van der Waals surface area contributed by atoms with Crippen LogP contribution in [-0.4, -0.2) is 18.1 Å². The third kappa shape index (κ3) is 4.27. The van der Waals surface area contributed by atoms with E-state index in [2.05, 4.69) is 0 Å². The van der Waals surface area contributed by atoms with Crippen molar-refractivity contribution in [2.45, 2.75) is 76.2 Å². The van der Waals surface area contributed by atoms with Crippen LogP contribution in [0.2, 0.25) is 0 Å². The molecule has 0 amide bonds. The molecule has 3 heteroatoms. The van der Waals surface area contributed by atoms with Crippen LogP contribution in [0, 0.1) is 5.92 Å². The number of ether oxygens (including phenoxy) is 1. The highest BCUT2D eigenvalue weighted by atomic mass is 16.5. The molecule has 18 heavy (non-hydrogen) atoms. The fourth-order valence-corrected chi connectivity index (χ4v) is 3.34. The average Bonchev–Trinajstić information content (AvgIpc) is 2.62. The van der Waals surface area contributed by atoms with Gasteiger partial charge in [0, 0.05) is 5.54 Å². The molecule has 0 aromatic carbocycles. The smallest absolute Gasteiger partial charge is 0.307 e. The van der Waals surface area contributed by atoms with E-state index in [0.717, 1.165) is 25.7 Å². The zero-order valence-corrected chi connectivity index (χ0v) is 11.5. The highest BCUT2D eigenvalue weighted by molar-refractivity contribution is 5.71. The highest BCUT2D eigenvalue weighted by Crippen LogP contribution is 2.30. The van der Waals surface area contributed by atoms with E-state index in [0.29, 0.717) is 18.9 Å². The maximum Gasteiger partial charge on any atom is 0.307 e. The average molecular weight is 253 g/mol. The van der Waals surface area contributed by atoms with E-state index >= 15 is 0 Å². The lowest BCUT2D eigenvalue weighted by Gasteiger charge is -2.23. The molecule has 0 aliphatic heterocycles. The summed E-state index contributed by atoms with van der Waals surface area (Å²) in [5, 5.41) is 0. The first kappa shape index (κ1) is 13.9. The number of rotatable bonds is 4. The summed E-state index contributed by atoms with van der Waals surface area (Å²) in [7, 11) is 0. The van der Waals surface area contributed by atoms with Crippen molar-refractivity contribution in [1.29, 1.82) is 0 Å². The van der Waals surface area contributed by atoms with Gasteiger partial charge in [-0.2, -0.15) is 0 Å². The molecule has 2 saturated carbocycles. The van der Waals surface area contributed by atoms with Crippen molar-refractivity contribution in [1.82, 2.24) is 0 Å². The van der Waals surface area contributed by atoms with E-state index in [9.17, 15) is 4.79 Å². The van der Waals surface area contributed by atoms with Gasteiger partial charge in [-0.15, -0.1) is 0 Å². The van der Waals surface area contributed by atoms with Gasteiger partial charge in [-0.05, 0) is 31.6 Å². The van der Waals surface area contributed by atoms with Gasteiger partial charge in [0.2, 0.25) is 0 Å². The third-order valence-electron chi connectivity index (χ3n) is 4.55. The number of nitrogens with two attached hydrogens (primary N) is 1. The van der Waals surface area contributed by atoms with Crippen molar-refractivity contribution in [2.75, 3.05) is 6.61 Å². The van der Waals surface area contributed by atoms with Crippen LogP contribution in [0.1, 0.15) is 70.6 Å². The summed E-state index contributed by atoms with van der Waals surface area (Å²) in [5.74, 6) is 0.511. The van der Waals surface area contributed by atoms with Gasteiger partial charge in [0.15, 0.2) is 0 Å². The summed E-state index contributed by atoms with van der Waals surface area (Å²) in [4.78, 5) is 11.8. The van der Waals surface area contributed by atoms with E-state index < -0.39 is 0 Å². The van der Waals surface area contributed by atoms with Crippen molar-refractivity contribution >= 4 is 5.97 Å². The topological polar surface area (TPSA) is 52.3 Å². The van der Waals surface area contributed by atoms with Gasteiger partial charge >= 0.3 is 5.97 Å². The molecule has 2 rings (SSSR count). The molecule has 2 aliphatic rings. The summed E-state index contributed by atoms with van der Waals surface area (Å²) in [6.07, 6.45) is 12.4. The second-order valence-electron chi connectivity index (χ2n) is 6.29. The molecule has 3 nitrogen and oxygen atoms in total. The summed E-state index contributed by atoms with van der Waals surface area (Å²) in [6, 6.07) is 0. The van der Waals surface area contributed by atoms with Crippen LogP contribution in [0.3, 0.4) is 0 Å². The molecule has 0 saturated heterocycles. The molecule has 104 valence electrons. The Morgan fingerprint density at radius 2 is 1.67 bits per heavy atom. The van der Waals surface area contributed by atoms with Gasteiger partial charge in [-0.1, -0.05) is 38.5 Å². The molecule has 0 aromatic rings. The van der Waals surface area contributed by atoms with Crippen molar-refractivity contribution in [2.24, 2.45) is 11.7 Å². The van der Waals surface area contributed by atoms with E-state index in [1.54, 1.807) is 0 Å². The number of hydrogen-bond donors (Lipinski definition) is 1. The molecule has 0 unspecified atom stereocenters. The van der Waals surface area contributed by atoms with Gasteiger partial charge < -0.3 is 10.5 Å². The predicted molar refractivity (Wildman–Crippen MR) is 72.2 cm³/mol. The Hall–Kier alpha value is -0.570. The quantitative estimate of drug-likeness (QED) is 0.618. The van der Waals surface area contributed by atoms with Crippen LogP contribution >= 0.6 is 0 Å². The minimum absolute atomic E-state index is 0.0800. The standard InChI is InChI=1S/C15H27NO2/c16-15(9-5-6-10-15)11-14(17)18-12-13-7-3-1-2-4-8-13/h13H,1-12,16H2. The number of hydrogen-bond acceptors (Lipinski definition) is 3. The van der Waals surface area contributed by atoms with Gasteiger partial charge in [0.25, 0.3) is 0 Å². The number of esters is 1. The first-order chi connectivity index (χ1) is 8.68. The normalized spacial score (nSPS) is 24.7. The molecule has 0 heterocycles. The van der Waals surface area contributed by atoms with E-state index in [1.807, 2.05) is 0 Å². The predicted octanol–water partition coefficient (Wildman–Crippen LogP) is 3.16. The minimum atomic E-state index is -0.263. The van der Waals surface area contributed by atoms with Gasteiger partial charge in [-0.3, -0.25) is 4.79 Å². The molecule has 2 fully saturated rings. The Labute approximate surface area is 110 Å². The van der Waals surface area contributed by atoms with Gasteiger partial charge in [0.05, 0.1) is 13.0 Å². The molecule has 0 bridgehead atoms. The Kier molecular flexibility index (Phi) is 5.04. The molecular formula is C15H27NO2. The maximum absolute atomic E-state index is 11.8. The monoisotopic (exact) mass is 253 g/mol. The zero-order chi connectivity index (χ0) is 12.8. The first-order valence-corrected chi connectivity index (χ1v) is 7.62. The van der Waals surface area contributed by atoms with E-state index in [-0.39, 0.29) is 11.5 Å². The fourth-order valence-electron chi connectivity index (χ4n) is 3.34. The third-order valence-corrected chi connectivity index (χ3v) is 4.55. The maximum atomic E-state index is 11.8. The Balaban J connectivity index is 1.67. The lowest BCUT2D eigenvalue weighted by Crippen LogP contribution is -2.39. The molecule has 0 aromatic heterocycles. The lowest BCUT2D eigenvalue weighted by molar-refractivity contribution is -0.146. The SMILES string of the molecule is NC1(CC(=O)OCC2CCCCCC2)CCCC1. The first-order valence-electron chi connectivity index (χ1n) is 7.62. The van der Waals surface area contributed by atoms with Crippen molar-refractivity contribution in [3.63, 3.8) is 0 Å². The van der Waals surface area contributed by atoms with Crippen LogP contribution in [0.15, 0.2) is 0 Å². The largest absolute Gasteiger partial charge is 0.465 e. The minimum Gasteiger partial charge on any atom is -0.465 e. The van der Waals surface area contributed by atoms with E-state index in [1.165, 1.54) is 38.5 Å². The van der Waals surface area contributed by atoms with Crippen LogP contribution in [0.4, 0.5) is 0 Å². The van der Waals surface area contributed by atoms with E-state index in [4.69, 9.17) is 10.5 Å². The summed E-state index contributed by atoms with van der Waals surface area (Å²) < 4.78 is 5.45. The molecule has 0 spiro atoms. The van der Waals surface area contributed by atoms with Crippen LogP contribution in [0.5, 0.6) is 0 Å². The van der Waals surface area contributed by atoms with Crippen LogP contribution < -0.4 is 5.73 Å². The molecule has 2 N–H and O–H groups in total. The second kappa shape index (κ2) is 6.55. The summed E-state index contributed by atoms with van der Waals surface area (Å²) in [6.45, 7) is 0.620. The Morgan fingerprint density at radius 3 is 2.28 bits per heavy atom. The molecular weight excluding hydrogens is 226 g/mol. The summed E-state index contributed by atoms with van der Waals surface area (Å²) in [5.41, 5.74) is 5.93. The second-order valence-corrected chi connectivity index (χ2v) is 6.29. The van der Waals surface area contributed by atoms with Crippen molar-refractivity contribution in [3.8, 4) is 0 Å². The van der Waals surface area contributed by atoms with Gasteiger partial charge in [-0.25, -0.2) is 0 Å². The number of carbonyl (C=O) groups is 1. The van der Waals surface area contributed by atoms with Crippen molar-refractivity contribution in [3.05, 3.63) is 0 Å². The fraction of sp³-hybridized carbons (Fsp3) is 0.933. The highest BCUT2D eigenvalue weighted by Gasteiger charge is 2.32. The molecule has 0 radical (unpaired) electrons. The Morgan fingerprint density at radius 1 is 1.06 bits per heavy atom. The number of carbonyl (C=O) groups excluding carboxylic acids is 1. The lowest BCUT2D eigenvalue weighted by atomic mass is 9.95. The molecule has 0 atom stereocenters. The van der Waals surface area contributed by atoms with Crippen LogP contribution in [0.25, 0.3) is 0 Å². The van der Waals surface area contributed by atoms with Crippen molar-refractivity contribution < 1.29 is 9.53 Å².